The monoisotopic (exact) mass is 347 g/mol. The van der Waals surface area contributed by atoms with Crippen LogP contribution in [0, 0.1) is 13.8 Å². The minimum Gasteiger partial charge on any atom is -0.268 e. The highest BCUT2D eigenvalue weighted by molar-refractivity contribution is 7.99. The van der Waals surface area contributed by atoms with E-state index in [0.717, 1.165) is 22.4 Å². The fraction of sp³-hybridized carbons (Fsp3) is 0.500. The molecule has 5 nitrogen and oxygen atoms in total. The van der Waals surface area contributed by atoms with Crippen LogP contribution < -0.4 is 11.4 Å². The Bertz CT molecular complexity index is 840. The SMILES string of the molecule is CCSc1nc(=O)n(C(C)(C)C)c(=O)n1Cc1cc(C)cc(C)c1. The molecule has 0 saturated heterocycles. The van der Waals surface area contributed by atoms with Gasteiger partial charge in [-0.15, -0.1) is 0 Å². The maximum Gasteiger partial charge on any atom is 0.354 e. The highest BCUT2D eigenvalue weighted by atomic mass is 32.2. The molecular weight excluding hydrogens is 322 g/mol. The van der Waals surface area contributed by atoms with Crippen molar-refractivity contribution in [3.8, 4) is 0 Å². The first-order valence-electron chi connectivity index (χ1n) is 8.08. The lowest BCUT2D eigenvalue weighted by atomic mass is 10.1. The molecule has 0 fully saturated rings. The molecule has 0 aliphatic rings. The first-order chi connectivity index (χ1) is 11.1. The number of aryl methyl sites for hydroxylation is 2. The lowest BCUT2D eigenvalue weighted by Gasteiger charge is -2.23. The normalized spacial score (nSPS) is 11.8. The second kappa shape index (κ2) is 6.97. The van der Waals surface area contributed by atoms with E-state index >= 15 is 0 Å². The van der Waals surface area contributed by atoms with E-state index in [-0.39, 0.29) is 5.69 Å². The molecule has 0 radical (unpaired) electrons. The average Bonchev–Trinajstić information content (AvgIpc) is 2.40. The predicted molar refractivity (Wildman–Crippen MR) is 99.2 cm³/mol. The molecular formula is C18H25N3O2S. The second-order valence-corrected chi connectivity index (χ2v) is 8.21. The van der Waals surface area contributed by atoms with Crippen LogP contribution in [0.25, 0.3) is 0 Å². The molecule has 0 spiro atoms. The van der Waals surface area contributed by atoms with Gasteiger partial charge in [-0.1, -0.05) is 48.0 Å². The molecule has 0 aliphatic heterocycles. The predicted octanol–water partition coefficient (Wildman–Crippen LogP) is 2.94. The third-order valence-electron chi connectivity index (χ3n) is 3.60. The zero-order chi connectivity index (χ0) is 18.1. The molecule has 6 heteroatoms. The Morgan fingerprint density at radius 1 is 1.08 bits per heavy atom. The summed E-state index contributed by atoms with van der Waals surface area (Å²) in [4.78, 5) is 29.5. The van der Waals surface area contributed by atoms with E-state index in [1.165, 1.54) is 16.3 Å². The molecule has 1 heterocycles. The summed E-state index contributed by atoms with van der Waals surface area (Å²) in [6.07, 6.45) is 0. The number of thioether (sulfide) groups is 1. The van der Waals surface area contributed by atoms with Gasteiger partial charge >= 0.3 is 11.4 Å². The van der Waals surface area contributed by atoms with Gasteiger partial charge in [0.05, 0.1) is 6.54 Å². The smallest absolute Gasteiger partial charge is 0.268 e. The Morgan fingerprint density at radius 3 is 2.17 bits per heavy atom. The van der Waals surface area contributed by atoms with Crippen LogP contribution in [-0.4, -0.2) is 19.9 Å². The molecule has 0 bridgehead atoms. The van der Waals surface area contributed by atoms with Gasteiger partial charge in [0.15, 0.2) is 5.16 Å². The fourth-order valence-corrected chi connectivity index (χ4v) is 3.47. The summed E-state index contributed by atoms with van der Waals surface area (Å²) in [5.41, 5.74) is 1.94. The van der Waals surface area contributed by atoms with Gasteiger partial charge in [0.25, 0.3) is 0 Å². The molecule has 1 aromatic carbocycles. The zero-order valence-electron chi connectivity index (χ0n) is 15.2. The van der Waals surface area contributed by atoms with Crippen molar-refractivity contribution in [2.24, 2.45) is 0 Å². The first kappa shape index (κ1) is 18.5. The van der Waals surface area contributed by atoms with Crippen LogP contribution in [-0.2, 0) is 12.1 Å². The number of aromatic nitrogens is 3. The highest BCUT2D eigenvalue weighted by Gasteiger charge is 2.22. The Morgan fingerprint density at radius 2 is 1.67 bits per heavy atom. The fourth-order valence-electron chi connectivity index (χ4n) is 2.77. The van der Waals surface area contributed by atoms with E-state index in [4.69, 9.17) is 0 Å². The highest BCUT2D eigenvalue weighted by Crippen LogP contribution is 2.16. The minimum absolute atomic E-state index is 0.308. The first-order valence-corrected chi connectivity index (χ1v) is 9.06. The number of benzene rings is 1. The third kappa shape index (κ3) is 3.98. The van der Waals surface area contributed by atoms with Gasteiger partial charge in [-0.2, -0.15) is 4.98 Å². The van der Waals surface area contributed by atoms with E-state index < -0.39 is 11.2 Å². The van der Waals surface area contributed by atoms with Gasteiger partial charge in [0, 0.05) is 5.54 Å². The molecule has 0 N–H and O–H groups in total. The van der Waals surface area contributed by atoms with Crippen LogP contribution in [0.15, 0.2) is 32.9 Å². The Labute approximate surface area is 146 Å². The standard InChI is InChI=1S/C18H25N3O2S/c1-7-24-16-19-15(22)21(18(4,5)6)17(23)20(16)11-14-9-12(2)8-13(3)10-14/h8-10H,7,11H2,1-6H3. The van der Waals surface area contributed by atoms with Crippen LogP contribution in [0.3, 0.4) is 0 Å². The maximum atomic E-state index is 13.0. The van der Waals surface area contributed by atoms with Crippen molar-refractivity contribution in [1.29, 1.82) is 0 Å². The van der Waals surface area contributed by atoms with E-state index in [2.05, 4.69) is 23.2 Å². The number of hydrogen-bond donors (Lipinski definition) is 0. The van der Waals surface area contributed by atoms with Crippen LogP contribution in [0.4, 0.5) is 0 Å². The lowest BCUT2D eigenvalue weighted by molar-refractivity contribution is 0.336. The summed E-state index contributed by atoms with van der Waals surface area (Å²) >= 11 is 1.42. The van der Waals surface area contributed by atoms with Crippen LogP contribution in [0.5, 0.6) is 0 Å². The molecule has 24 heavy (non-hydrogen) atoms. The summed E-state index contributed by atoms with van der Waals surface area (Å²) in [5.74, 6) is 0.748. The molecule has 0 saturated carbocycles. The Kier molecular flexibility index (Phi) is 5.38. The van der Waals surface area contributed by atoms with Crippen LogP contribution in [0.1, 0.15) is 44.4 Å². The maximum absolute atomic E-state index is 13.0. The van der Waals surface area contributed by atoms with Gasteiger partial charge in [-0.25, -0.2) is 14.2 Å². The molecule has 2 aromatic rings. The van der Waals surface area contributed by atoms with Gasteiger partial charge in [-0.3, -0.25) is 4.57 Å². The van der Waals surface area contributed by atoms with Crippen molar-refractivity contribution in [3.05, 3.63) is 55.9 Å². The van der Waals surface area contributed by atoms with E-state index in [9.17, 15) is 9.59 Å². The van der Waals surface area contributed by atoms with E-state index in [1.54, 1.807) is 4.57 Å². The Balaban J connectivity index is 2.66. The van der Waals surface area contributed by atoms with Crippen molar-refractivity contribution in [1.82, 2.24) is 14.1 Å². The summed E-state index contributed by atoms with van der Waals surface area (Å²) in [6.45, 7) is 12.0. The zero-order valence-corrected chi connectivity index (χ0v) is 16.0. The van der Waals surface area contributed by atoms with Gasteiger partial charge in [0.1, 0.15) is 0 Å². The van der Waals surface area contributed by atoms with Crippen LogP contribution in [0.2, 0.25) is 0 Å². The molecule has 130 valence electrons. The molecule has 0 unspecified atom stereocenters. The number of nitrogens with zero attached hydrogens (tertiary/aromatic N) is 3. The second-order valence-electron chi connectivity index (χ2n) is 6.98. The average molecular weight is 347 g/mol. The van der Waals surface area contributed by atoms with Crippen molar-refractivity contribution in [2.45, 2.75) is 58.8 Å². The quantitative estimate of drug-likeness (QED) is 0.798. The van der Waals surface area contributed by atoms with Gasteiger partial charge in [-0.05, 0) is 45.9 Å². The topological polar surface area (TPSA) is 56.9 Å². The Hall–Kier alpha value is -1.82. The molecule has 1 aromatic heterocycles. The van der Waals surface area contributed by atoms with Gasteiger partial charge < -0.3 is 0 Å². The third-order valence-corrected chi connectivity index (χ3v) is 4.46. The lowest BCUT2D eigenvalue weighted by Crippen LogP contribution is -2.49. The van der Waals surface area contributed by atoms with Crippen molar-refractivity contribution >= 4 is 11.8 Å². The summed E-state index contributed by atoms with van der Waals surface area (Å²) in [7, 11) is 0. The molecule has 2 rings (SSSR count). The van der Waals surface area contributed by atoms with Crippen LogP contribution >= 0.6 is 11.8 Å². The van der Waals surface area contributed by atoms with E-state index in [0.29, 0.717) is 11.7 Å². The summed E-state index contributed by atoms with van der Waals surface area (Å²) in [5, 5.41) is 0.479. The minimum atomic E-state index is -0.610. The van der Waals surface area contributed by atoms with Crippen molar-refractivity contribution in [2.75, 3.05) is 5.75 Å². The largest absolute Gasteiger partial charge is 0.354 e. The molecule has 0 atom stereocenters. The number of hydrogen-bond acceptors (Lipinski definition) is 4. The summed E-state index contributed by atoms with van der Waals surface area (Å²) in [6, 6.07) is 6.22. The molecule has 0 amide bonds. The summed E-state index contributed by atoms with van der Waals surface area (Å²) < 4.78 is 2.84. The van der Waals surface area contributed by atoms with E-state index in [1.807, 2.05) is 41.5 Å². The molecule has 0 aliphatic carbocycles. The van der Waals surface area contributed by atoms with Gasteiger partial charge in [0.2, 0.25) is 0 Å². The van der Waals surface area contributed by atoms with Crippen molar-refractivity contribution in [3.63, 3.8) is 0 Å². The van der Waals surface area contributed by atoms with Crippen molar-refractivity contribution < 1.29 is 0 Å². The number of rotatable bonds is 4.